The lowest BCUT2D eigenvalue weighted by Crippen LogP contribution is -2.15. The molecule has 0 fully saturated rings. The molecule has 0 aliphatic carbocycles. The van der Waals surface area contributed by atoms with E-state index >= 15 is 0 Å². The van der Waals surface area contributed by atoms with E-state index in [9.17, 15) is 9.59 Å². The summed E-state index contributed by atoms with van der Waals surface area (Å²) in [6, 6.07) is 8.08. The van der Waals surface area contributed by atoms with E-state index in [0.717, 1.165) is 11.1 Å². The first-order valence-corrected chi connectivity index (χ1v) is 9.44. The van der Waals surface area contributed by atoms with Crippen LogP contribution >= 0.6 is 22.9 Å². The van der Waals surface area contributed by atoms with E-state index in [0.29, 0.717) is 10.6 Å². The zero-order chi connectivity index (χ0) is 18.6. The first-order valence-electron chi connectivity index (χ1n) is 8.03. The monoisotopic (exact) mass is 379 g/mol. The number of halogens is 1. The Morgan fingerprint density at radius 3 is 2.36 bits per heavy atom. The predicted molar refractivity (Wildman–Crippen MR) is 104 cm³/mol. The molecule has 4 nitrogen and oxygen atoms in total. The van der Waals surface area contributed by atoms with Gasteiger partial charge in [0.05, 0.1) is 6.61 Å². The summed E-state index contributed by atoms with van der Waals surface area (Å²) in [4.78, 5) is 24.0. The summed E-state index contributed by atoms with van der Waals surface area (Å²) in [5, 5.41) is 4.98. The highest BCUT2D eigenvalue weighted by Gasteiger charge is 2.23. The van der Waals surface area contributed by atoms with Crippen LogP contribution < -0.4 is 5.32 Å². The fourth-order valence-electron chi connectivity index (χ4n) is 2.38. The van der Waals surface area contributed by atoms with Gasteiger partial charge >= 0.3 is 5.97 Å². The Kier molecular flexibility index (Phi) is 6.25. The standard InChI is InChI=1S/C19H22ClNO3S/c1-5-24-18(23)16-14(11-25-17(16)21-15(22)10-20)12-6-8-13(9-7-12)19(2,3)4/h6-9,11H,5,10H2,1-4H3,(H,21,22). The van der Waals surface area contributed by atoms with Gasteiger partial charge in [0.2, 0.25) is 5.91 Å². The van der Waals surface area contributed by atoms with E-state index in [1.165, 1.54) is 16.9 Å². The van der Waals surface area contributed by atoms with Crippen LogP contribution in [-0.2, 0) is 14.9 Å². The Morgan fingerprint density at radius 2 is 1.84 bits per heavy atom. The maximum absolute atomic E-state index is 12.4. The molecule has 0 bridgehead atoms. The zero-order valence-electron chi connectivity index (χ0n) is 14.8. The molecule has 0 spiro atoms. The average molecular weight is 380 g/mol. The van der Waals surface area contributed by atoms with Gasteiger partial charge in [0.1, 0.15) is 16.4 Å². The number of hydrogen-bond acceptors (Lipinski definition) is 4. The summed E-state index contributed by atoms with van der Waals surface area (Å²) < 4.78 is 5.17. The summed E-state index contributed by atoms with van der Waals surface area (Å²) >= 11 is 6.84. The third-order valence-electron chi connectivity index (χ3n) is 3.71. The highest BCUT2D eigenvalue weighted by molar-refractivity contribution is 7.15. The number of rotatable bonds is 5. The summed E-state index contributed by atoms with van der Waals surface area (Å²) in [5.41, 5.74) is 3.28. The van der Waals surface area contributed by atoms with Crippen LogP contribution in [0.2, 0.25) is 0 Å². The second kappa shape index (κ2) is 8.02. The minimum absolute atomic E-state index is 0.0522. The summed E-state index contributed by atoms with van der Waals surface area (Å²) in [7, 11) is 0. The van der Waals surface area contributed by atoms with Gasteiger partial charge in [-0.25, -0.2) is 4.79 Å². The molecule has 2 rings (SSSR count). The predicted octanol–water partition coefficient (Wildman–Crippen LogP) is 5.07. The normalized spacial score (nSPS) is 11.2. The van der Waals surface area contributed by atoms with Crippen LogP contribution in [0.25, 0.3) is 11.1 Å². The molecule has 0 unspecified atom stereocenters. The highest BCUT2D eigenvalue weighted by Crippen LogP contribution is 2.37. The number of hydrogen-bond donors (Lipinski definition) is 1. The number of ether oxygens (including phenoxy) is 1. The second-order valence-electron chi connectivity index (χ2n) is 6.58. The molecular formula is C19H22ClNO3S. The fraction of sp³-hybridized carbons (Fsp3) is 0.368. The number of anilines is 1. The fourth-order valence-corrected chi connectivity index (χ4v) is 3.42. The van der Waals surface area contributed by atoms with E-state index in [1.54, 1.807) is 6.92 Å². The van der Waals surface area contributed by atoms with Gasteiger partial charge in [0.25, 0.3) is 0 Å². The number of esters is 1. The van der Waals surface area contributed by atoms with Gasteiger partial charge in [-0.05, 0) is 23.5 Å². The minimum atomic E-state index is -0.455. The summed E-state index contributed by atoms with van der Waals surface area (Å²) in [5.74, 6) is -0.984. The number of carbonyl (C=O) groups is 2. The Labute approximate surface area is 157 Å². The molecule has 1 N–H and O–H groups in total. The van der Waals surface area contributed by atoms with Crippen LogP contribution in [0.5, 0.6) is 0 Å². The zero-order valence-corrected chi connectivity index (χ0v) is 16.4. The molecule has 0 saturated carbocycles. The van der Waals surface area contributed by atoms with Crippen LogP contribution in [0.15, 0.2) is 29.6 Å². The quantitative estimate of drug-likeness (QED) is 0.583. The maximum Gasteiger partial charge on any atom is 0.341 e. The van der Waals surface area contributed by atoms with Gasteiger partial charge < -0.3 is 10.1 Å². The summed E-state index contributed by atoms with van der Waals surface area (Å²) in [6.45, 7) is 8.46. The van der Waals surface area contributed by atoms with Crippen molar-refractivity contribution in [2.45, 2.75) is 33.1 Å². The molecule has 0 aliphatic rings. The van der Waals surface area contributed by atoms with Gasteiger partial charge in [0, 0.05) is 10.9 Å². The highest BCUT2D eigenvalue weighted by atomic mass is 35.5. The van der Waals surface area contributed by atoms with Crippen molar-refractivity contribution in [1.82, 2.24) is 0 Å². The Balaban J connectivity index is 2.46. The van der Waals surface area contributed by atoms with Gasteiger partial charge in [-0.1, -0.05) is 45.0 Å². The second-order valence-corrected chi connectivity index (χ2v) is 7.73. The molecule has 25 heavy (non-hydrogen) atoms. The molecule has 1 aromatic carbocycles. The molecule has 0 radical (unpaired) electrons. The van der Waals surface area contributed by atoms with Crippen LogP contribution in [0.3, 0.4) is 0 Å². The Morgan fingerprint density at radius 1 is 1.20 bits per heavy atom. The Bertz CT molecular complexity index is 760. The van der Waals surface area contributed by atoms with E-state index in [2.05, 4.69) is 38.2 Å². The average Bonchev–Trinajstić information content (AvgIpc) is 2.97. The lowest BCUT2D eigenvalue weighted by Gasteiger charge is -2.19. The van der Waals surface area contributed by atoms with Gasteiger partial charge in [-0.3, -0.25) is 4.79 Å². The molecule has 1 heterocycles. The number of benzene rings is 1. The van der Waals surface area contributed by atoms with Crippen molar-refractivity contribution >= 4 is 39.8 Å². The third kappa shape index (κ3) is 4.61. The van der Waals surface area contributed by atoms with E-state index in [-0.39, 0.29) is 23.8 Å². The van der Waals surface area contributed by atoms with Crippen molar-refractivity contribution in [3.63, 3.8) is 0 Å². The van der Waals surface area contributed by atoms with Gasteiger partial charge in [-0.15, -0.1) is 22.9 Å². The Hall–Kier alpha value is -1.85. The maximum atomic E-state index is 12.4. The van der Waals surface area contributed by atoms with Crippen LogP contribution in [-0.4, -0.2) is 24.4 Å². The molecule has 0 aliphatic heterocycles. The van der Waals surface area contributed by atoms with Gasteiger partial charge in [0.15, 0.2) is 0 Å². The molecule has 1 amide bonds. The SMILES string of the molecule is CCOC(=O)c1c(-c2ccc(C(C)(C)C)cc2)csc1NC(=O)CCl. The van der Waals surface area contributed by atoms with Crippen LogP contribution in [0.4, 0.5) is 5.00 Å². The van der Waals surface area contributed by atoms with E-state index in [4.69, 9.17) is 16.3 Å². The minimum Gasteiger partial charge on any atom is -0.462 e. The lowest BCUT2D eigenvalue weighted by molar-refractivity contribution is -0.113. The lowest BCUT2D eigenvalue weighted by atomic mass is 9.86. The van der Waals surface area contributed by atoms with Crippen molar-refractivity contribution in [2.24, 2.45) is 0 Å². The number of nitrogens with one attached hydrogen (secondary N) is 1. The molecule has 1 aromatic heterocycles. The van der Waals surface area contributed by atoms with Crippen molar-refractivity contribution in [3.05, 3.63) is 40.8 Å². The van der Waals surface area contributed by atoms with Crippen LogP contribution in [0, 0.1) is 0 Å². The largest absolute Gasteiger partial charge is 0.462 e. The number of amides is 1. The topological polar surface area (TPSA) is 55.4 Å². The van der Waals surface area contributed by atoms with E-state index in [1.807, 2.05) is 17.5 Å². The van der Waals surface area contributed by atoms with Crippen molar-refractivity contribution < 1.29 is 14.3 Å². The van der Waals surface area contributed by atoms with E-state index < -0.39 is 5.97 Å². The molecule has 134 valence electrons. The first-order chi connectivity index (χ1) is 11.8. The van der Waals surface area contributed by atoms with Crippen molar-refractivity contribution in [3.8, 4) is 11.1 Å². The number of alkyl halides is 1. The molecule has 0 atom stereocenters. The smallest absolute Gasteiger partial charge is 0.341 e. The van der Waals surface area contributed by atoms with Gasteiger partial charge in [-0.2, -0.15) is 0 Å². The summed E-state index contributed by atoms with van der Waals surface area (Å²) in [6.07, 6.45) is 0. The molecule has 2 aromatic rings. The van der Waals surface area contributed by atoms with Crippen LogP contribution in [0.1, 0.15) is 43.6 Å². The first kappa shape index (κ1) is 19.5. The molecular weight excluding hydrogens is 358 g/mol. The van der Waals surface area contributed by atoms with Crippen molar-refractivity contribution in [1.29, 1.82) is 0 Å². The number of thiophene rings is 1. The molecule has 0 saturated heterocycles. The molecule has 6 heteroatoms. The number of carbonyl (C=O) groups excluding carboxylic acids is 2. The third-order valence-corrected chi connectivity index (χ3v) is 4.85. The van der Waals surface area contributed by atoms with Crippen molar-refractivity contribution in [2.75, 3.05) is 17.8 Å².